The summed E-state index contributed by atoms with van der Waals surface area (Å²) in [5, 5.41) is 15.2. The Hall–Kier alpha value is -0.610. The Bertz CT molecular complexity index is 218. The number of carbonyl (C=O) groups is 1. The van der Waals surface area contributed by atoms with Gasteiger partial charge in [-0.05, 0) is 45.1 Å². The van der Waals surface area contributed by atoms with Crippen LogP contribution in [-0.2, 0) is 4.79 Å². The highest BCUT2D eigenvalue weighted by atomic mass is 16.3. The lowest BCUT2D eigenvalue weighted by Crippen LogP contribution is -2.46. The summed E-state index contributed by atoms with van der Waals surface area (Å²) in [4.78, 5) is 11.8. The van der Waals surface area contributed by atoms with Gasteiger partial charge in [0.05, 0.1) is 6.04 Å². The van der Waals surface area contributed by atoms with Crippen LogP contribution in [0.25, 0.3) is 0 Å². The third kappa shape index (κ3) is 7.67. The van der Waals surface area contributed by atoms with Gasteiger partial charge in [0.15, 0.2) is 0 Å². The number of aliphatic hydroxyl groups excluding tert-OH is 1. The Morgan fingerprint density at radius 2 is 1.83 bits per heavy atom. The average Bonchev–Trinajstić information content (AvgIpc) is 2.39. The van der Waals surface area contributed by atoms with Crippen LogP contribution in [0.2, 0.25) is 0 Å². The first kappa shape index (κ1) is 17.4. The molecule has 0 aromatic carbocycles. The fourth-order valence-corrected chi connectivity index (χ4v) is 1.77. The molecule has 0 saturated carbocycles. The number of carbonyl (C=O) groups excluding carboxylic acids is 1. The van der Waals surface area contributed by atoms with Crippen LogP contribution in [0.3, 0.4) is 0 Å². The van der Waals surface area contributed by atoms with E-state index in [1.165, 1.54) is 0 Å². The second-order valence-electron chi connectivity index (χ2n) is 5.13. The Kier molecular flexibility index (Phi) is 9.98. The van der Waals surface area contributed by atoms with Gasteiger partial charge >= 0.3 is 0 Å². The summed E-state index contributed by atoms with van der Waals surface area (Å²) in [5.74, 6) is 0.430. The molecule has 4 heteroatoms. The molecule has 0 radical (unpaired) electrons. The van der Waals surface area contributed by atoms with Crippen molar-refractivity contribution in [1.29, 1.82) is 0 Å². The summed E-state index contributed by atoms with van der Waals surface area (Å²) in [6, 6.07) is 0.145. The normalized spacial score (nSPS) is 14.6. The van der Waals surface area contributed by atoms with Crippen LogP contribution in [0, 0.1) is 5.92 Å². The van der Waals surface area contributed by atoms with E-state index in [0.717, 1.165) is 32.2 Å². The second kappa shape index (κ2) is 10.3. The van der Waals surface area contributed by atoms with Crippen LogP contribution in [0.1, 0.15) is 53.4 Å². The van der Waals surface area contributed by atoms with E-state index in [2.05, 4.69) is 24.5 Å². The maximum Gasteiger partial charge on any atom is 0.237 e. The molecule has 0 saturated heterocycles. The van der Waals surface area contributed by atoms with Crippen molar-refractivity contribution in [3.8, 4) is 0 Å². The zero-order chi connectivity index (χ0) is 14.0. The van der Waals surface area contributed by atoms with Gasteiger partial charge in [0.1, 0.15) is 0 Å². The van der Waals surface area contributed by atoms with E-state index in [-0.39, 0.29) is 24.6 Å². The van der Waals surface area contributed by atoms with Crippen LogP contribution in [0.5, 0.6) is 0 Å². The highest BCUT2D eigenvalue weighted by molar-refractivity contribution is 5.81. The van der Waals surface area contributed by atoms with Gasteiger partial charge in [-0.15, -0.1) is 0 Å². The second-order valence-corrected chi connectivity index (χ2v) is 5.13. The molecule has 3 N–H and O–H groups in total. The largest absolute Gasteiger partial charge is 0.396 e. The number of nitrogens with one attached hydrogen (secondary N) is 2. The highest BCUT2D eigenvalue weighted by Crippen LogP contribution is 2.03. The lowest BCUT2D eigenvalue weighted by atomic mass is 10.1. The van der Waals surface area contributed by atoms with Crippen LogP contribution in [0.4, 0.5) is 0 Å². The maximum absolute atomic E-state index is 11.8. The molecule has 0 rings (SSSR count). The van der Waals surface area contributed by atoms with Crippen LogP contribution < -0.4 is 10.6 Å². The van der Waals surface area contributed by atoms with Crippen molar-refractivity contribution in [1.82, 2.24) is 10.6 Å². The van der Waals surface area contributed by atoms with Crippen molar-refractivity contribution in [3.05, 3.63) is 0 Å². The number of hydrogen-bond acceptors (Lipinski definition) is 3. The molecular weight excluding hydrogens is 228 g/mol. The van der Waals surface area contributed by atoms with Gasteiger partial charge < -0.3 is 15.7 Å². The minimum Gasteiger partial charge on any atom is -0.396 e. The predicted octanol–water partition coefficient (Wildman–Crippen LogP) is 1.68. The molecule has 0 aliphatic heterocycles. The Morgan fingerprint density at radius 3 is 2.33 bits per heavy atom. The third-order valence-corrected chi connectivity index (χ3v) is 3.36. The molecule has 4 nitrogen and oxygen atoms in total. The first-order chi connectivity index (χ1) is 8.54. The van der Waals surface area contributed by atoms with Gasteiger partial charge in [-0.3, -0.25) is 4.79 Å². The van der Waals surface area contributed by atoms with E-state index in [0.29, 0.717) is 5.92 Å². The Labute approximate surface area is 112 Å². The molecule has 18 heavy (non-hydrogen) atoms. The van der Waals surface area contributed by atoms with E-state index in [1.54, 1.807) is 0 Å². The van der Waals surface area contributed by atoms with Gasteiger partial charge in [0.25, 0.3) is 0 Å². The lowest BCUT2D eigenvalue weighted by molar-refractivity contribution is -0.123. The summed E-state index contributed by atoms with van der Waals surface area (Å²) in [5.41, 5.74) is 0. The van der Waals surface area contributed by atoms with E-state index in [4.69, 9.17) is 5.11 Å². The molecule has 0 fully saturated rings. The summed E-state index contributed by atoms with van der Waals surface area (Å²) < 4.78 is 0. The molecule has 0 aromatic heterocycles. The molecule has 0 aliphatic carbocycles. The minimum absolute atomic E-state index is 0.0823. The van der Waals surface area contributed by atoms with Crippen molar-refractivity contribution in [3.63, 3.8) is 0 Å². The van der Waals surface area contributed by atoms with Gasteiger partial charge in [-0.25, -0.2) is 0 Å². The predicted molar refractivity (Wildman–Crippen MR) is 75.5 cm³/mol. The first-order valence-electron chi connectivity index (χ1n) is 7.19. The van der Waals surface area contributed by atoms with Gasteiger partial charge in [-0.2, -0.15) is 0 Å². The van der Waals surface area contributed by atoms with Crippen molar-refractivity contribution < 1.29 is 9.90 Å². The molecule has 0 aromatic rings. The first-order valence-corrected chi connectivity index (χ1v) is 7.19. The summed E-state index contributed by atoms with van der Waals surface area (Å²) in [6.07, 6.45) is 3.93. The van der Waals surface area contributed by atoms with Crippen LogP contribution in [0.15, 0.2) is 0 Å². The van der Waals surface area contributed by atoms with E-state index < -0.39 is 0 Å². The van der Waals surface area contributed by atoms with Crippen molar-refractivity contribution in [2.75, 3.05) is 13.2 Å². The summed E-state index contributed by atoms with van der Waals surface area (Å²) in [6.45, 7) is 9.16. The monoisotopic (exact) mass is 258 g/mol. The van der Waals surface area contributed by atoms with Gasteiger partial charge in [0, 0.05) is 12.6 Å². The Morgan fingerprint density at radius 1 is 1.22 bits per heavy atom. The zero-order valence-corrected chi connectivity index (χ0v) is 12.3. The maximum atomic E-state index is 11.8. The molecule has 108 valence electrons. The fraction of sp³-hybridized carbons (Fsp3) is 0.929. The number of rotatable bonds is 10. The lowest BCUT2D eigenvalue weighted by Gasteiger charge is -2.19. The van der Waals surface area contributed by atoms with Crippen LogP contribution >= 0.6 is 0 Å². The summed E-state index contributed by atoms with van der Waals surface area (Å²) in [7, 11) is 0. The molecule has 2 unspecified atom stereocenters. The van der Waals surface area contributed by atoms with Crippen LogP contribution in [-0.4, -0.2) is 36.2 Å². The van der Waals surface area contributed by atoms with Crippen molar-refractivity contribution in [2.24, 2.45) is 5.92 Å². The standard InChI is InChI=1S/C14H30N2O2/c1-5-13(6-2)16-14(18)12(4)15-9-7-8-11(3)10-17/h11-13,15,17H,5-10H2,1-4H3,(H,16,18). The SMILES string of the molecule is CCC(CC)NC(=O)C(C)NCCCC(C)CO. The van der Waals surface area contributed by atoms with E-state index >= 15 is 0 Å². The summed E-state index contributed by atoms with van der Waals surface area (Å²) >= 11 is 0. The topological polar surface area (TPSA) is 61.4 Å². The molecule has 0 spiro atoms. The fourth-order valence-electron chi connectivity index (χ4n) is 1.77. The third-order valence-electron chi connectivity index (χ3n) is 3.36. The van der Waals surface area contributed by atoms with Gasteiger partial charge in [-0.1, -0.05) is 20.8 Å². The zero-order valence-electron chi connectivity index (χ0n) is 12.3. The smallest absolute Gasteiger partial charge is 0.237 e. The van der Waals surface area contributed by atoms with Crippen molar-refractivity contribution in [2.45, 2.75) is 65.5 Å². The van der Waals surface area contributed by atoms with Crippen molar-refractivity contribution >= 4 is 5.91 Å². The average molecular weight is 258 g/mol. The Balaban J connectivity index is 3.74. The van der Waals surface area contributed by atoms with E-state index in [1.807, 2.05) is 13.8 Å². The number of aliphatic hydroxyl groups is 1. The highest BCUT2D eigenvalue weighted by Gasteiger charge is 2.14. The minimum atomic E-state index is -0.143. The molecule has 0 bridgehead atoms. The van der Waals surface area contributed by atoms with E-state index in [9.17, 15) is 4.79 Å². The molecule has 2 atom stereocenters. The quantitative estimate of drug-likeness (QED) is 0.522. The number of hydrogen-bond donors (Lipinski definition) is 3. The number of amides is 1. The molecule has 1 amide bonds. The molecule has 0 aliphatic rings. The molecular formula is C14H30N2O2. The van der Waals surface area contributed by atoms with Gasteiger partial charge in [0.2, 0.25) is 5.91 Å². The molecule has 0 heterocycles.